The van der Waals surface area contributed by atoms with E-state index in [1.807, 2.05) is 5.43 Å². The third-order valence-electron chi connectivity index (χ3n) is 2.35. The fourth-order valence-electron chi connectivity index (χ4n) is 1.50. The maximum atomic E-state index is 11.2. The van der Waals surface area contributed by atoms with Gasteiger partial charge in [-0.15, -0.1) is 0 Å². The van der Waals surface area contributed by atoms with Crippen LogP contribution in [-0.2, 0) is 14.4 Å². The second kappa shape index (κ2) is 5.45. The van der Waals surface area contributed by atoms with Gasteiger partial charge in [0.05, 0.1) is 0 Å². The molecule has 0 aromatic carbocycles. The van der Waals surface area contributed by atoms with Crippen molar-refractivity contribution in [2.45, 2.75) is 32.1 Å². The molecule has 0 unspecified atom stereocenters. The second-order valence-electron chi connectivity index (χ2n) is 3.46. The van der Waals surface area contributed by atoms with Gasteiger partial charge in [0.25, 0.3) is 0 Å². The van der Waals surface area contributed by atoms with Crippen LogP contribution in [0.4, 0.5) is 0 Å². The largest absolute Gasteiger partial charge is 0.294 e. The maximum Gasteiger partial charge on any atom is 0.233 e. The average Bonchev–Trinajstić information content (AvgIpc) is 2.54. The van der Waals surface area contributed by atoms with Crippen molar-refractivity contribution in [3.05, 3.63) is 0 Å². The predicted octanol–water partition coefficient (Wildman–Crippen LogP) is -0.704. The lowest BCUT2D eigenvalue weighted by atomic mass is 10.2. The summed E-state index contributed by atoms with van der Waals surface area (Å²) in [5.41, 5.74) is 2.02. The molecule has 6 nitrogen and oxygen atoms in total. The third-order valence-corrected chi connectivity index (χ3v) is 2.35. The molecule has 3 N–H and O–H groups in total. The molecule has 0 spiro atoms. The Morgan fingerprint density at radius 3 is 2.40 bits per heavy atom. The first-order valence-electron chi connectivity index (χ1n) is 4.98. The standard InChI is InChI=1S/C9H15N3O3/c10-11-7(13)3-1-2-6-12-8(14)4-5-9(12)15/h1-6,10H2,(H,11,13). The van der Waals surface area contributed by atoms with Crippen LogP contribution in [-0.4, -0.2) is 29.2 Å². The van der Waals surface area contributed by atoms with E-state index in [2.05, 4.69) is 0 Å². The minimum absolute atomic E-state index is 0.108. The molecule has 1 aliphatic rings. The highest BCUT2D eigenvalue weighted by Gasteiger charge is 2.27. The van der Waals surface area contributed by atoms with Crippen molar-refractivity contribution in [2.24, 2.45) is 5.84 Å². The van der Waals surface area contributed by atoms with Gasteiger partial charge in [-0.25, -0.2) is 5.84 Å². The van der Waals surface area contributed by atoms with E-state index in [4.69, 9.17) is 5.84 Å². The topological polar surface area (TPSA) is 92.5 Å². The molecule has 1 saturated heterocycles. The summed E-state index contributed by atoms with van der Waals surface area (Å²) in [6.07, 6.45) is 2.24. The third kappa shape index (κ3) is 3.32. The van der Waals surface area contributed by atoms with Crippen LogP contribution in [0.1, 0.15) is 32.1 Å². The Morgan fingerprint density at radius 1 is 1.27 bits per heavy atom. The Labute approximate surface area is 87.8 Å². The number of imide groups is 1. The number of likely N-dealkylation sites (tertiary alicyclic amines) is 1. The highest BCUT2D eigenvalue weighted by Crippen LogP contribution is 2.12. The molecule has 1 fully saturated rings. The van der Waals surface area contributed by atoms with E-state index < -0.39 is 0 Å². The summed E-state index contributed by atoms with van der Waals surface area (Å²) in [6.45, 7) is 0.412. The summed E-state index contributed by atoms with van der Waals surface area (Å²) in [7, 11) is 0. The van der Waals surface area contributed by atoms with Crippen LogP contribution in [0.5, 0.6) is 0 Å². The van der Waals surface area contributed by atoms with Gasteiger partial charge in [-0.1, -0.05) is 0 Å². The summed E-state index contributed by atoms with van der Waals surface area (Å²) in [4.78, 5) is 34.4. The monoisotopic (exact) mass is 213 g/mol. The Bertz CT molecular complexity index is 262. The van der Waals surface area contributed by atoms with E-state index in [0.29, 0.717) is 38.6 Å². The van der Waals surface area contributed by atoms with Crippen molar-refractivity contribution in [1.82, 2.24) is 10.3 Å². The first-order chi connectivity index (χ1) is 7.15. The van der Waals surface area contributed by atoms with Gasteiger partial charge in [0.1, 0.15) is 0 Å². The van der Waals surface area contributed by atoms with E-state index in [9.17, 15) is 14.4 Å². The number of nitrogens with one attached hydrogen (secondary N) is 1. The van der Waals surface area contributed by atoms with Gasteiger partial charge >= 0.3 is 0 Å². The van der Waals surface area contributed by atoms with Crippen LogP contribution in [0, 0.1) is 0 Å². The van der Waals surface area contributed by atoms with Crippen molar-refractivity contribution < 1.29 is 14.4 Å². The molecule has 0 radical (unpaired) electrons. The van der Waals surface area contributed by atoms with Gasteiger partial charge in [0.15, 0.2) is 0 Å². The normalized spacial score (nSPS) is 15.9. The van der Waals surface area contributed by atoms with Crippen molar-refractivity contribution >= 4 is 17.7 Å². The number of nitrogens with zero attached hydrogens (tertiary/aromatic N) is 1. The van der Waals surface area contributed by atoms with E-state index >= 15 is 0 Å². The molecule has 0 aliphatic carbocycles. The number of unbranched alkanes of at least 4 members (excludes halogenated alkanes) is 1. The minimum Gasteiger partial charge on any atom is -0.294 e. The first kappa shape index (κ1) is 11.6. The SMILES string of the molecule is NNC(=O)CCCCN1C(=O)CCC1=O. The van der Waals surface area contributed by atoms with E-state index in [1.54, 1.807) is 0 Å². The number of rotatable bonds is 5. The first-order valence-corrected chi connectivity index (χ1v) is 4.98. The number of hydrogen-bond acceptors (Lipinski definition) is 4. The molecular formula is C9H15N3O3. The number of hydrazine groups is 1. The molecule has 1 heterocycles. The molecule has 1 rings (SSSR count). The molecule has 0 aromatic rings. The lowest BCUT2D eigenvalue weighted by Gasteiger charge is -2.12. The van der Waals surface area contributed by atoms with Crippen LogP contribution >= 0.6 is 0 Å². The van der Waals surface area contributed by atoms with Gasteiger partial charge in [-0.05, 0) is 12.8 Å². The second-order valence-corrected chi connectivity index (χ2v) is 3.46. The fraction of sp³-hybridized carbons (Fsp3) is 0.667. The van der Waals surface area contributed by atoms with Gasteiger partial charge in [0.2, 0.25) is 17.7 Å². The number of hydrogen-bond donors (Lipinski definition) is 2. The molecule has 6 heteroatoms. The molecule has 15 heavy (non-hydrogen) atoms. The number of carbonyl (C=O) groups is 3. The summed E-state index contributed by atoms with van der Waals surface area (Å²) >= 11 is 0. The molecule has 0 atom stereocenters. The number of carbonyl (C=O) groups excluding carboxylic acids is 3. The summed E-state index contributed by atoms with van der Waals surface area (Å²) < 4.78 is 0. The van der Waals surface area contributed by atoms with Crippen molar-refractivity contribution in [3.63, 3.8) is 0 Å². The number of nitrogens with two attached hydrogens (primary N) is 1. The Balaban J connectivity index is 2.17. The average molecular weight is 213 g/mol. The van der Waals surface area contributed by atoms with Crippen LogP contribution in [0.25, 0.3) is 0 Å². The van der Waals surface area contributed by atoms with Crippen molar-refractivity contribution in [3.8, 4) is 0 Å². The lowest BCUT2D eigenvalue weighted by Crippen LogP contribution is -2.31. The predicted molar refractivity (Wildman–Crippen MR) is 52.1 cm³/mol. The zero-order valence-electron chi connectivity index (χ0n) is 8.49. The van der Waals surface area contributed by atoms with E-state index in [-0.39, 0.29) is 17.7 Å². The summed E-state index contributed by atoms with van der Waals surface area (Å²) in [6, 6.07) is 0. The van der Waals surface area contributed by atoms with Crippen LogP contribution in [0.3, 0.4) is 0 Å². The number of amides is 3. The minimum atomic E-state index is -0.228. The van der Waals surface area contributed by atoms with Gasteiger partial charge < -0.3 is 0 Å². The fourth-order valence-corrected chi connectivity index (χ4v) is 1.50. The molecule has 1 aliphatic heterocycles. The Hall–Kier alpha value is -1.43. The van der Waals surface area contributed by atoms with E-state index in [1.165, 1.54) is 4.90 Å². The van der Waals surface area contributed by atoms with Gasteiger partial charge in [0, 0.05) is 25.8 Å². The zero-order chi connectivity index (χ0) is 11.3. The molecule has 0 bridgehead atoms. The molecule has 0 saturated carbocycles. The molecule has 0 aromatic heterocycles. The quantitative estimate of drug-likeness (QED) is 0.207. The van der Waals surface area contributed by atoms with Crippen LogP contribution < -0.4 is 11.3 Å². The van der Waals surface area contributed by atoms with Gasteiger partial charge in [-0.2, -0.15) is 0 Å². The van der Waals surface area contributed by atoms with Crippen LogP contribution in [0.15, 0.2) is 0 Å². The highest BCUT2D eigenvalue weighted by molar-refractivity contribution is 6.01. The van der Waals surface area contributed by atoms with Crippen molar-refractivity contribution in [2.75, 3.05) is 6.54 Å². The summed E-state index contributed by atoms with van der Waals surface area (Å²) in [5.74, 6) is 4.46. The highest BCUT2D eigenvalue weighted by atomic mass is 16.2. The smallest absolute Gasteiger partial charge is 0.233 e. The lowest BCUT2D eigenvalue weighted by molar-refractivity contribution is -0.138. The zero-order valence-corrected chi connectivity index (χ0v) is 8.49. The van der Waals surface area contributed by atoms with E-state index in [0.717, 1.165) is 0 Å². The van der Waals surface area contributed by atoms with Crippen molar-refractivity contribution in [1.29, 1.82) is 0 Å². The summed E-state index contributed by atoms with van der Waals surface area (Å²) in [5, 5.41) is 0. The molecule has 84 valence electrons. The van der Waals surface area contributed by atoms with Gasteiger partial charge in [-0.3, -0.25) is 24.7 Å². The molecular weight excluding hydrogens is 198 g/mol. The Morgan fingerprint density at radius 2 is 1.87 bits per heavy atom. The molecule has 3 amide bonds. The van der Waals surface area contributed by atoms with Crippen LogP contribution in [0.2, 0.25) is 0 Å². The maximum absolute atomic E-state index is 11.2. The Kier molecular flexibility index (Phi) is 4.23.